The van der Waals surface area contributed by atoms with Crippen LogP contribution in [0.4, 0.5) is 0 Å². The van der Waals surface area contributed by atoms with Crippen LogP contribution in [0.1, 0.15) is 54.5 Å². The van der Waals surface area contributed by atoms with Crippen LogP contribution in [0.2, 0.25) is 0 Å². The van der Waals surface area contributed by atoms with Crippen LogP contribution in [0, 0.1) is 6.92 Å². The molecule has 208 valence electrons. The zero-order chi connectivity index (χ0) is 29.1. The van der Waals surface area contributed by atoms with Crippen molar-refractivity contribution < 1.29 is 9.90 Å². The Hall–Kier alpha value is -4.71. The maximum Gasteiger partial charge on any atom is 0.336 e. The zero-order valence-electron chi connectivity index (χ0n) is 24.3. The number of rotatable bonds is 7. The maximum atomic E-state index is 11.7. The van der Waals surface area contributed by atoms with Gasteiger partial charge in [-0.2, -0.15) is 0 Å². The number of para-hydroxylation sites is 2. The Morgan fingerprint density at radius 2 is 1.56 bits per heavy atom. The number of carboxylic acid groups (broad SMARTS) is 1. The van der Waals surface area contributed by atoms with Gasteiger partial charge >= 0.3 is 5.97 Å². The first-order chi connectivity index (χ1) is 19.9. The quantitative estimate of drug-likeness (QED) is 0.219. The summed E-state index contributed by atoms with van der Waals surface area (Å²) >= 11 is 0. The first-order valence-electron chi connectivity index (χ1n) is 14.3. The van der Waals surface area contributed by atoms with E-state index < -0.39 is 5.97 Å². The number of hydrogen-bond donors (Lipinski definition) is 1. The molecule has 0 aliphatic rings. The van der Waals surface area contributed by atoms with Crippen LogP contribution in [-0.2, 0) is 20.0 Å². The lowest BCUT2D eigenvalue weighted by Crippen LogP contribution is -2.05. The van der Waals surface area contributed by atoms with Gasteiger partial charge in [0, 0.05) is 25.6 Å². The molecule has 6 rings (SSSR count). The molecule has 0 atom stereocenters. The fourth-order valence-electron chi connectivity index (χ4n) is 5.46. The van der Waals surface area contributed by atoms with E-state index in [2.05, 4.69) is 60.4 Å². The molecule has 2 aromatic heterocycles. The second-order valence-electron chi connectivity index (χ2n) is 10.1. The summed E-state index contributed by atoms with van der Waals surface area (Å²) < 4.78 is 4.47. The molecule has 0 amide bonds. The molecule has 6 aromatic rings. The van der Waals surface area contributed by atoms with Gasteiger partial charge in [0.25, 0.3) is 0 Å². The summed E-state index contributed by atoms with van der Waals surface area (Å²) in [5, 5.41) is 9.60. The van der Waals surface area contributed by atoms with Gasteiger partial charge in [-0.05, 0) is 65.9 Å². The van der Waals surface area contributed by atoms with Crippen molar-refractivity contribution in [1.82, 2.24) is 19.1 Å². The molecular formula is C35H36N4O2. The monoisotopic (exact) mass is 544 g/mol. The Labute approximate surface area is 240 Å². The van der Waals surface area contributed by atoms with E-state index in [1.54, 1.807) is 12.1 Å². The zero-order valence-corrected chi connectivity index (χ0v) is 24.3. The summed E-state index contributed by atoms with van der Waals surface area (Å²) in [6, 6.07) is 27.9. The molecular weight excluding hydrogens is 508 g/mol. The summed E-state index contributed by atoms with van der Waals surface area (Å²) in [7, 11) is 2.06. The number of fused-ring (bicyclic) bond motifs is 2. The average molecular weight is 545 g/mol. The second-order valence-corrected chi connectivity index (χ2v) is 10.1. The molecule has 0 aliphatic heterocycles. The van der Waals surface area contributed by atoms with Gasteiger partial charge in [0.05, 0.1) is 27.6 Å². The molecule has 41 heavy (non-hydrogen) atoms. The topological polar surface area (TPSA) is 72.9 Å². The van der Waals surface area contributed by atoms with Crippen molar-refractivity contribution in [2.75, 3.05) is 0 Å². The van der Waals surface area contributed by atoms with E-state index in [9.17, 15) is 9.90 Å². The summed E-state index contributed by atoms with van der Waals surface area (Å²) in [4.78, 5) is 21.7. The summed E-state index contributed by atoms with van der Waals surface area (Å²) in [6.07, 6.45) is 1.89. The van der Waals surface area contributed by atoms with Crippen LogP contribution in [0.15, 0.2) is 84.9 Å². The van der Waals surface area contributed by atoms with Gasteiger partial charge in [0.1, 0.15) is 11.6 Å². The Morgan fingerprint density at radius 3 is 2.27 bits per heavy atom. The van der Waals surface area contributed by atoms with Gasteiger partial charge in [-0.25, -0.2) is 14.8 Å². The third-order valence-corrected chi connectivity index (χ3v) is 7.41. The molecule has 6 heteroatoms. The highest BCUT2D eigenvalue weighted by atomic mass is 16.4. The number of nitrogens with zero attached hydrogens (tertiary/aromatic N) is 4. The first-order valence-corrected chi connectivity index (χ1v) is 14.3. The fourth-order valence-corrected chi connectivity index (χ4v) is 5.46. The van der Waals surface area contributed by atoms with E-state index >= 15 is 0 Å². The molecule has 0 saturated carbocycles. The van der Waals surface area contributed by atoms with Gasteiger partial charge < -0.3 is 14.2 Å². The molecule has 0 unspecified atom stereocenters. The lowest BCUT2D eigenvalue weighted by molar-refractivity contribution is 0.0697. The highest BCUT2D eigenvalue weighted by Gasteiger charge is 2.17. The predicted octanol–water partition coefficient (Wildman–Crippen LogP) is 8.29. The SMILES string of the molecule is CC.CCCc1nc2c(C)cc(-c3nc4ccccc4n3C)cc2n1Cc1ccc(-c2ccccc2C(=O)O)cc1. The Bertz CT molecular complexity index is 1840. The maximum absolute atomic E-state index is 11.7. The lowest BCUT2D eigenvalue weighted by atomic mass is 9.98. The van der Waals surface area contributed by atoms with Crippen molar-refractivity contribution in [3.63, 3.8) is 0 Å². The molecule has 0 radical (unpaired) electrons. The molecule has 0 fully saturated rings. The molecule has 0 aliphatic carbocycles. The highest BCUT2D eigenvalue weighted by molar-refractivity contribution is 5.96. The average Bonchev–Trinajstić information content (AvgIpc) is 3.52. The number of aryl methyl sites for hydroxylation is 3. The van der Waals surface area contributed by atoms with Gasteiger partial charge in [-0.1, -0.05) is 75.4 Å². The minimum Gasteiger partial charge on any atom is -0.478 e. The van der Waals surface area contributed by atoms with E-state index in [1.807, 2.05) is 56.3 Å². The lowest BCUT2D eigenvalue weighted by Gasteiger charge is -2.12. The van der Waals surface area contributed by atoms with E-state index in [4.69, 9.17) is 9.97 Å². The third-order valence-electron chi connectivity index (χ3n) is 7.41. The number of aromatic nitrogens is 4. The van der Waals surface area contributed by atoms with Crippen molar-refractivity contribution >= 4 is 28.0 Å². The summed E-state index contributed by atoms with van der Waals surface area (Å²) in [6.45, 7) is 8.98. The van der Waals surface area contributed by atoms with Gasteiger partial charge in [0.2, 0.25) is 0 Å². The second kappa shape index (κ2) is 11.8. The van der Waals surface area contributed by atoms with Crippen molar-refractivity contribution in [3.05, 3.63) is 107 Å². The molecule has 6 nitrogen and oxygen atoms in total. The number of carboxylic acids is 1. The van der Waals surface area contributed by atoms with Crippen LogP contribution < -0.4 is 0 Å². The molecule has 4 aromatic carbocycles. The fraction of sp³-hybridized carbons (Fsp3) is 0.229. The predicted molar refractivity (Wildman–Crippen MR) is 167 cm³/mol. The Balaban J connectivity index is 0.00000165. The summed E-state index contributed by atoms with van der Waals surface area (Å²) in [5.74, 6) is 1.08. The van der Waals surface area contributed by atoms with Crippen molar-refractivity contribution in [3.8, 4) is 22.5 Å². The number of hydrogen-bond acceptors (Lipinski definition) is 3. The van der Waals surface area contributed by atoms with Gasteiger partial charge in [-0.15, -0.1) is 0 Å². The number of aromatic carboxylic acids is 1. The van der Waals surface area contributed by atoms with E-state index in [0.717, 1.165) is 74.4 Å². The number of carbonyl (C=O) groups is 1. The minimum absolute atomic E-state index is 0.307. The van der Waals surface area contributed by atoms with E-state index in [1.165, 1.54) is 0 Å². The standard InChI is InChI=1S/C33H30N4O2.C2H6/c1-4-9-30-35-31-21(2)18-24(32-34-27-12-7-8-13-28(27)36(32)3)19-29(31)37(30)20-22-14-16-23(17-15-22)25-10-5-6-11-26(25)33(38)39;1-2/h5-8,10-19H,4,9,20H2,1-3H3,(H,38,39);1-2H3. The van der Waals surface area contributed by atoms with Gasteiger partial charge in [0.15, 0.2) is 0 Å². The number of imidazole rings is 2. The van der Waals surface area contributed by atoms with E-state index in [0.29, 0.717) is 12.1 Å². The number of benzene rings is 4. The van der Waals surface area contributed by atoms with Crippen molar-refractivity contribution in [1.29, 1.82) is 0 Å². The van der Waals surface area contributed by atoms with E-state index in [-0.39, 0.29) is 0 Å². The summed E-state index contributed by atoms with van der Waals surface area (Å²) in [5.41, 5.74) is 9.46. The molecule has 0 spiro atoms. The van der Waals surface area contributed by atoms with Crippen molar-refractivity contribution in [2.24, 2.45) is 7.05 Å². The molecule has 1 N–H and O–H groups in total. The highest BCUT2D eigenvalue weighted by Crippen LogP contribution is 2.31. The van der Waals surface area contributed by atoms with Crippen LogP contribution in [0.25, 0.3) is 44.6 Å². The van der Waals surface area contributed by atoms with Crippen LogP contribution in [-0.4, -0.2) is 30.2 Å². The minimum atomic E-state index is -0.921. The Kier molecular flexibility index (Phi) is 8.02. The van der Waals surface area contributed by atoms with Crippen LogP contribution in [0.5, 0.6) is 0 Å². The smallest absolute Gasteiger partial charge is 0.336 e. The van der Waals surface area contributed by atoms with Crippen molar-refractivity contribution in [2.45, 2.75) is 47.1 Å². The van der Waals surface area contributed by atoms with Crippen LogP contribution >= 0.6 is 0 Å². The molecule has 0 saturated heterocycles. The molecule has 0 bridgehead atoms. The van der Waals surface area contributed by atoms with Crippen LogP contribution in [0.3, 0.4) is 0 Å². The largest absolute Gasteiger partial charge is 0.478 e. The first kappa shape index (κ1) is 27.8. The Morgan fingerprint density at radius 1 is 0.854 bits per heavy atom. The third kappa shape index (κ3) is 5.25. The van der Waals surface area contributed by atoms with Gasteiger partial charge in [-0.3, -0.25) is 0 Å². The normalized spacial score (nSPS) is 11.0. The molecule has 2 heterocycles.